The lowest BCUT2D eigenvalue weighted by molar-refractivity contribution is -0.136. The van der Waals surface area contributed by atoms with Crippen LogP contribution in [-0.4, -0.2) is 32.1 Å². The first-order valence-electron chi connectivity index (χ1n) is 10.5. The number of rotatable bonds is 6. The normalized spacial score (nSPS) is 17.0. The first kappa shape index (κ1) is 22.4. The maximum Gasteiger partial charge on any atom is 0.336 e. The molecule has 0 saturated carbocycles. The molecule has 1 N–H and O–H groups in total. The molecule has 0 amide bonds. The zero-order valence-corrected chi connectivity index (χ0v) is 20.5. The van der Waals surface area contributed by atoms with Crippen LogP contribution in [0.1, 0.15) is 48.2 Å². The number of nitrogens with one attached hydrogen (secondary N) is 1. The molecular formula is C25H24INO5. The van der Waals surface area contributed by atoms with Crippen molar-refractivity contribution in [1.29, 1.82) is 0 Å². The number of esters is 1. The Labute approximate surface area is 200 Å². The largest absolute Gasteiger partial charge is 0.490 e. The van der Waals surface area contributed by atoms with Gasteiger partial charge in [-0.2, -0.15) is 0 Å². The van der Waals surface area contributed by atoms with Gasteiger partial charge in [0.15, 0.2) is 17.3 Å². The van der Waals surface area contributed by atoms with E-state index in [1.807, 2.05) is 57.2 Å². The van der Waals surface area contributed by atoms with Gasteiger partial charge in [-0.15, -0.1) is 0 Å². The molecule has 0 spiro atoms. The second-order valence-corrected chi connectivity index (χ2v) is 8.61. The van der Waals surface area contributed by atoms with Crippen molar-refractivity contribution in [3.63, 3.8) is 0 Å². The van der Waals surface area contributed by atoms with E-state index in [0.29, 0.717) is 47.1 Å². The van der Waals surface area contributed by atoms with E-state index in [1.165, 1.54) is 7.11 Å². The lowest BCUT2D eigenvalue weighted by Gasteiger charge is -2.29. The minimum atomic E-state index is -0.595. The standard InChI is InChI=1S/C25H24INO5/c1-5-31-18-12-14(11-17(26)24(18)32-6-2)20-19(25(29)30-4)13(3)27-22-15-9-7-8-10-16(15)23(28)21(20)22/h7-12,20,27H,5-6H2,1-4H3. The minimum Gasteiger partial charge on any atom is -0.490 e. The van der Waals surface area contributed by atoms with Crippen LogP contribution in [0.2, 0.25) is 0 Å². The van der Waals surface area contributed by atoms with Gasteiger partial charge < -0.3 is 19.5 Å². The van der Waals surface area contributed by atoms with Crippen LogP contribution in [0, 0.1) is 3.57 Å². The summed E-state index contributed by atoms with van der Waals surface area (Å²) < 4.78 is 17.6. The molecule has 1 aliphatic carbocycles. The zero-order valence-electron chi connectivity index (χ0n) is 18.4. The monoisotopic (exact) mass is 545 g/mol. The van der Waals surface area contributed by atoms with Crippen LogP contribution in [0.15, 0.2) is 53.2 Å². The summed E-state index contributed by atoms with van der Waals surface area (Å²) >= 11 is 2.20. The van der Waals surface area contributed by atoms with Gasteiger partial charge in [0.1, 0.15) is 0 Å². The third-order valence-electron chi connectivity index (χ3n) is 5.61. The fourth-order valence-electron chi connectivity index (χ4n) is 4.34. The Balaban J connectivity index is 1.96. The van der Waals surface area contributed by atoms with Crippen molar-refractivity contribution in [2.75, 3.05) is 20.3 Å². The molecule has 6 nitrogen and oxygen atoms in total. The summed E-state index contributed by atoms with van der Waals surface area (Å²) in [6, 6.07) is 11.3. The number of Topliss-reactive ketones (excluding diaryl/α,β-unsaturated/α-hetero) is 1. The molecule has 166 valence electrons. The fraction of sp³-hybridized carbons (Fsp3) is 0.280. The maximum absolute atomic E-state index is 13.5. The van der Waals surface area contributed by atoms with Gasteiger partial charge in [-0.25, -0.2) is 4.79 Å². The summed E-state index contributed by atoms with van der Waals surface area (Å²) in [6.45, 7) is 6.61. The molecule has 2 aromatic rings. The molecule has 2 aliphatic rings. The zero-order chi connectivity index (χ0) is 23.0. The van der Waals surface area contributed by atoms with Gasteiger partial charge in [0.25, 0.3) is 0 Å². The summed E-state index contributed by atoms with van der Waals surface area (Å²) in [6.07, 6.45) is 0. The molecule has 0 bridgehead atoms. The second-order valence-electron chi connectivity index (χ2n) is 7.45. The topological polar surface area (TPSA) is 73.9 Å². The number of benzene rings is 2. The number of methoxy groups -OCH3 is 1. The summed E-state index contributed by atoms with van der Waals surface area (Å²) in [5.41, 5.74) is 4.59. The molecular weight excluding hydrogens is 521 g/mol. The minimum absolute atomic E-state index is 0.0937. The van der Waals surface area contributed by atoms with Crippen molar-refractivity contribution in [1.82, 2.24) is 5.32 Å². The number of fused-ring (bicyclic) bond motifs is 2. The lowest BCUT2D eigenvalue weighted by atomic mass is 9.79. The molecule has 32 heavy (non-hydrogen) atoms. The highest BCUT2D eigenvalue weighted by Gasteiger charge is 2.43. The van der Waals surface area contributed by atoms with Gasteiger partial charge in [0.2, 0.25) is 0 Å². The van der Waals surface area contributed by atoms with Gasteiger partial charge in [0, 0.05) is 28.3 Å². The smallest absolute Gasteiger partial charge is 0.336 e. The van der Waals surface area contributed by atoms with Crippen LogP contribution in [0.3, 0.4) is 0 Å². The third kappa shape index (κ3) is 3.58. The Hall–Kier alpha value is -2.81. The number of halogens is 1. The van der Waals surface area contributed by atoms with Crippen molar-refractivity contribution >= 4 is 40.0 Å². The molecule has 0 saturated heterocycles. The number of hydrogen-bond acceptors (Lipinski definition) is 6. The van der Waals surface area contributed by atoms with Gasteiger partial charge >= 0.3 is 5.97 Å². The van der Waals surface area contributed by atoms with Gasteiger partial charge in [-0.3, -0.25) is 4.79 Å². The molecule has 1 heterocycles. The molecule has 0 fully saturated rings. The number of hydrogen-bond donors (Lipinski definition) is 1. The maximum atomic E-state index is 13.5. The van der Waals surface area contributed by atoms with E-state index < -0.39 is 11.9 Å². The molecule has 0 radical (unpaired) electrons. The first-order chi connectivity index (χ1) is 15.4. The van der Waals surface area contributed by atoms with Crippen LogP contribution < -0.4 is 14.8 Å². The van der Waals surface area contributed by atoms with Gasteiger partial charge in [-0.05, 0) is 61.1 Å². The predicted molar refractivity (Wildman–Crippen MR) is 130 cm³/mol. The Morgan fingerprint density at radius 2 is 1.78 bits per heavy atom. The van der Waals surface area contributed by atoms with Crippen molar-refractivity contribution in [2.24, 2.45) is 0 Å². The van der Waals surface area contributed by atoms with Crippen LogP contribution in [0.5, 0.6) is 11.5 Å². The van der Waals surface area contributed by atoms with Crippen molar-refractivity contribution in [3.05, 3.63) is 73.5 Å². The molecule has 7 heteroatoms. The molecule has 0 aromatic heterocycles. The van der Waals surface area contributed by atoms with E-state index >= 15 is 0 Å². The predicted octanol–water partition coefficient (Wildman–Crippen LogP) is 4.83. The van der Waals surface area contributed by atoms with Crippen LogP contribution >= 0.6 is 22.6 Å². The van der Waals surface area contributed by atoms with Crippen LogP contribution in [-0.2, 0) is 9.53 Å². The average molecular weight is 545 g/mol. The van der Waals surface area contributed by atoms with Crippen LogP contribution in [0.25, 0.3) is 5.70 Å². The highest BCUT2D eigenvalue weighted by molar-refractivity contribution is 14.1. The van der Waals surface area contributed by atoms with Crippen LogP contribution in [0.4, 0.5) is 0 Å². The van der Waals surface area contributed by atoms with E-state index in [4.69, 9.17) is 14.2 Å². The highest BCUT2D eigenvalue weighted by atomic mass is 127. The molecule has 4 rings (SSSR count). The highest BCUT2D eigenvalue weighted by Crippen LogP contribution is 2.48. The van der Waals surface area contributed by atoms with E-state index in [1.54, 1.807) is 0 Å². The number of ether oxygens (including phenoxy) is 3. The van der Waals surface area contributed by atoms with E-state index in [-0.39, 0.29) is 5.78 Å². The number of allylic oxidation sites excluding steroid dienone is 2. The summed E-state index contributed by atoms with van der Waals surface area (Å²) in [4.78, 5) is 26.4. The van der Waals surface area contributed by atoms with Gasteiger partial charge in [0.05, 0.1) is 35.2 Å². The molecule has 1 atom stereocenters. The van der Waals surface area contributed by atoms with Crippen molar-refractivity contribution in [3.8, 4) is 11.5 Å². The van der Waals surface area contributed by atoms with Gasteiger partial charge in [-0.1, -0.05) is 24.3 Å². The van der Waals surface area contributed by atoms with Crippen molar-refractivity contribution < 1.29 is 23.8 Å². The first-order valence-corrected chi connectivity index (χ1v) is 11.5. The Morgan fingerprint density at radius 3 is 2.44 bits per heavy atom. The third-order valence-corrected chi connectivity index (χ3v) is 6.41. The second kappa shape index (κ2) is 8.97. The quantitative estimate of drug-likeness (QED) is 0.414. The SMILES string of the molecule is CCOc1cc(C2C(C(=O)OC)=C(C)NC3=C2C(=O)c2ccccc23)cc(I)c1OCC. The number of ketones is 1. The Bertz CT molecular complexity index is 1180. The number of carbonyl (C=O) groups excluding carboxylic acids is 2. The van der Waals surface area contributed by atoms with Crippen molar-refractivity contribution in [2.45, 2.75) is 26.7 Å². The lowest BCUT2D eigenvalue weighted by Crippen LogP contribution is -2.29. The Kier molecular flexibility index (Phi) is 6.28. The Morgan fingerprint density at radius 1 is 1.09 bits per heavy atom. The summed E-state index contributed by atoms with van der Waals surface area (Å²) in [7, 11) is 1.35. The summed E-state index contributed by atoms with van der Waals surface area (Å²) in [5.74, 6) is 0.0768. The number of carbonyl (C=O) groups is 2. The summed E-state index contributed by atoms with van der Waals surface area (Å²) in [5, 5.41) is 3.30. The fourth-order valence-corrected chi connectivity index (χ4v) is 5.13. The average Bonchev–Trinajstić information content (AvgIpc) is 3.06. The van der Waals surface area contributed by atoms with E-state index in [2.05, 4.69) is 27.9 Å². The van der Waals surface area contributed by atoms with E-state index in [9.17, 15) is 9.59 Å². The molecule has 1 aliphatic heterocycles. The van der Waals surface area contributed by atoms with E-state index in [0.717, 1.165) is 20.4 Å². The molecule has 2 aromatic carbocycles. The number of dihydropyridines is 1. The molecule has 1 unspecified atom stereocenters.